The van der Waals surface area contributed by atoms with Gasteiger partial charge >= 0.3 is 7.12 Å². The third-order valence-corrected chi connectivity index (χ3v) is 1.93. The van der Waals surface area contributed by atoms with Gasteiger partial charge in [-0.25, -0.2) is 0 Å². The molecule has 0 heterocycles. The Morgan fingerprint density at radius 1 is 1.21 bits per heavy atom. The largest absolute Gasteiger partial charge is 0.494 e. The number of hydrogen-bond acceptors (Lipinski definition) is 3. The molecule has 1 aromatic rings. The number of benzene rings is 1. The highest BCUT2D eigenvalue weighted by Gasteiger charge is 2.06. The molecule has 0 fully saturated rings. The third-order valence-electron chi connectivity index (χ3n) is 1.93. The van der Waals surface area contributed by atoms with Gasteiger partial charge in [-0.2, -0.15) is 0 Å². The summed E-state index contributed by atoms with van der Waals surface area (Å²) in [5, 5.41) is 17.4. The smallest absolute Gasteiger partial charge is 0.451 e. The first kappa shape index (κ1) is 11.1. The maximum Gasteiger partial charge on any atom is 0.451 e. The van der Waals surface area contributed by atoms with Crippen LogP contribution >= 0.6 is 0 Å². The zero-order valence-corrected chi connectivity index (χ0v) is 8.31. The van der Waals surface area contributed by atoms with E-state index in [9.17, 15) is 0 Å². The van der Waals surface area contributed by atoms with Crippen LogP contribution in [0.5, 0.6) is 5.75 Å². The maximum absolute atomic E-state index is 8.68. The standard InChI is InChI=1S/C10H15BO3/c1-2-14-10-5-3-9(4-6-10)7-8-11(12)13/h3-6,12-13H,2,7-8H2,1H3. The van der Waals surface area contributed by atoms with Gasteiger partial charge in [-0.3, -0.25) is 0 Å². The summed E-state index contributed by atoms with van der Waals surface area (Å²) in [7, 11) is -1.22. The van der Waals surface area contributed by atoms with E-state index in [2.05, 4.69) is 0 Å². The summed E-state index contributed by atoms with van der Waals surface area (Å²) in [5.41, 5.74) is 1.08. The Kier molecular flexibility index (Phi) is 4.49. The summed E-state index contributed by atoms with van der Waals surface area (Å²) in [4.78, 5) is 0. The van der Waals surface area contributed by atoms with Crippen molar-refractivity contribution in [2.75, 3.05) is 6.61 Å². The van der Waals surface area contributed by atoms with E-state index in [0.717, 1.165) is 11.3 Å². The second kappa shape index (κ2) is 5.68. The zero-order valence-electron chi connectivity index (χ0n) is 8.31. The molecule has 0 saturated heterocycles. The van der Waals surface area contributed by atoms with E-state index < -0.39 is 7.12 Å². The van der Waals surface area contributed by atoms with Crippen LogP contribution in [0.25, 0.3) is 0 Å². The van der Waals surface area contributed by atoms with E-state index in [1.54, 1.807) is 0 Å². The molecule has 0 amide bonds. The Balaban J connectivity index is 2.46. The summed E-state index contributed by atoms with van der Waals surface area (Å²) in [5.74, 6) is 0.848. The molecule has 76 valence electrons. The van der Waals surface area contributed by atoms with Crippen molar-refractivity contribution < 1.29 is 14.8 Å². The summed E-state index contributed by atoms with van der Waals surface area (Å²) in [6, 6.07) is 7.66. The van der Waals surface area contributed by atoms with E-state index in [0.29, 0.717) is 19.3 Å². The second-order valence-corrected chi connectivity index (χ2v) is 3.10. The Morgan fingerprint density at radius 2 is 1.86 bits per heavy atom. The molecule has 0 atom stereocenters. The molecule has 0 unspecified atom stereocenters. The first-order valence-electron chi connectivity index (χ1n) is 4.80. The van der Waals surface area contributed by atoms with Crippen LogP contribution in [-0.2, 0) is 6.42 Å². The lowest BCUT2D eigenvalue weighted by Crippen LogP contribution is -2.11. The highest BCUT2D eigenvalue weighted by molar-refractivity contribution is 6.40. The minimum atomic E-state index is -1.22. The first-order valence-corrected chi connectivity index (χ1v) is 4.80. The average molecular weight is 194 g/mol. The van der Waals surface area contributed by atoms with Gasteiger partial charge in [0, 0.05) is 0 Å². The van der Waals surface area contributed by atoms with Crippen LogP contribution in [0.1, 0.15) is 12.5 Å². The number of rotatable bonds is 5. The lowest BCUT2D eigenvalue weighted by Gasteiger charge is -2.04. The highest BCUT2D eigenvalue weighted by Crippen LogP contribution is 2.13. The summed E-state index contributed by atoms with van der Waals surface area (Å²) in [6.45, 7) is 2.60. The van der Waals surface area contributed by atoms with Crippen LogP contribution in [0.15, 0.2) is 24.3 Å². The number of hydrogen-bond donors (Lipinski definition) is 2. The van der Waals surface area contributed by atoms with Gasteiger partial charge in [-0.15, -0.1) is 0 Å². The Labute approximate surface area is 84.5 Å². The predicted molar refractivity (Wildman–Crippen MR) is 56.3 cm³/mol. The lowest BCUT2D eigenvalue weighted by molar-refractivity contribution is 0.340. The van der Waals surface area contributed by atoms with E-state index >= 15 is 0 Å². The van der Waals surface area contributed by atoms with E-state index in [1.165, 1.54) is 0 Å². The summed E-state index contributed by atoms with van der Waals surface area (Å²) < 4.78 is 5.29. The van der Waals surface area contributed by atoms with Crippen molar-refractivity contribution >= 4 is 7.12 Å². The van der Waals surface area contributed by atoms with Crippen LogP contribution < -0.4 is 4.74 Å². The van der Waals surface area contributed by atoms with Gasteiger partial charge in [-0.1, -0.05) is 12.1 Å². The monoisotopic (exact) mass is 194 g/mol. The molecule has 1 aromatic carbocycles. The SMILES string of the molecule is CCOc1ccc(CCB(O)O)cc1. The van der Waals surface area contributed by atoms with Gasteiger partial charge in [-0.05, 0) is 37.4 Å². The predicted octanol–water partition coefficient (Wildman–Crippen LogP) is 1.10. The van der Waals surface area contributed by atoms with Crippen LogP contribution in [0, 0.1) is 0 Å². The van der Waals surface area contributed by atoms with Crippen molar-refractivity contribution in [1.29, 1.82) is 0 Å². The zero-order chi connectivity index (χ0) is 10.4. The molecule has 14 heavy (non-hydrogen) atoms. The van der Waals surface area contributed by atoms with Crippen molar-refractivity contribution in [3.63, 3.8) is 0 Å². The van der Waals surface area contributed by atoms with Crippen molar-refractivity contribution in [3.05, 3.63) is 29.8 Å². The molecule has 0 aliphatic carbocycles. The van der Waals surface area contributed by atoms with E-state index in [-0.39, 0.29) is 0 Å². The molecule has 1 rings (SSSR count). The highest BCUT2D eigenvalue weighted by atomic mass is 16.5. The fourth-order valence-electron chi connectivity index (χ4n) is 1.21. The van der Waals surface area contributed by atoms with E-state index in [4.69, 9.17) is 14.8 Å². The molecule has 0 aromatic heterocycles. The third kappa shape index (κ3) is 3.81. The fraction of sp³-hybridized carbons (Fsp3) is 0.400. The Bertz CT molecular complexity index is 259. The molecule has 3 nitrogen and oxygen atoms in total. The second-order valence-electron chi connectivity index (χ2n) is 3.10. The average Bonchev–Trinajstić information content (AvgIpc) is 2.17. The van der Waals surface area contributed by atoms with Crippen LogP contribution in [0.4, 0.5) is 0 Å². The van der Waals surface area contributed by atoms with Gasteiger partial charge in [0.1, 0.15) is 5.75 Å². The van der Waals surface area contributed by atoms with Crippen molar-refractivity contribution in [2.45, 2.75) is 19.7 Å². The Morgan fingerprint density at radius 3 is 2.36 bits per heavy atom. The lowest BCUT2D eigenvalue weighted by atomic mass is 9.83. The molecule has 0 saturated carbocycles. The van der Waals surface area contributed by atoms with Crippen molar-refractivity contribution in [2.24, 2.45) is 0 Å². The molecule has 2 N–H and O–H groups in total. The topological polar surface area (TPSA) is 49.7 Å². The minimum absolute atomic E-state index is 0.369. The van der Waals surface area contributed by atoms with Gasteiger partial charge in [0.05, 0.1) is 6.61 Å². The van der Waals surface area contributed by atoms with Crippen molar-refractivity contribution in [1.82, 2.24) is 0 Å². The van der Waals surface area contributed by atoms with Gasteiger partial charge in [0.25, 0.3) is 0 Å². The quantitative estimate of drug-likeness (QED) is 0.690. The normalized spacial score (nSPS) is 9.93. The van der Waals surface area contributed by atoms with Crippen LogP contribution in [-0.4, -0.2) is 23.8 Å². The summed E-state index contributed by atoms with van der Waals surface area (Å²) >= 11 is 0. The Hall–Kier alpha value is -0.995. The molecule has 0 radical (unpaired) electrons. The van der Waals surface area contributed by atoms with Crippen LogP contribution in [0.3, 0.4) is 0 Å². The molecule has 0 spiro atoms. The van der Waals surface area contributed by atoms with Gasteiger partial charge in [0.15, 0.2) is 0 Å². The molecule has 0 aliphatic heterocycles. The number of ether oxygens (including phenoxy) is 1. The molecule has 4 heteroatoms. The maximum atomic E-state index is 8.68. The number of aryl methyl sites for hydroxylation is 1. The van der Waals surface area contributed by atoms with Crippen molar-refractivity contribution in [3.8, 4) is 5.75 Å². The molecular weight excluding hydrogens is 179 g/mol. The first-order chi connectivity index (χ1) is 6.72. The fourth-order valence-corrected chi connectivity index (χ4v) is 1.21. The summed E-state index contributed by atoms with van der Waals surface area (Å²) in [6.07, 6.45) is 1.04. The molecule has 0 aliphatic rings. The molecular formula is C10H15BO3. The minimum Gasteiger partial charge on any atom is -0.494 e. The van der Waals surface area contributed by atoms with Gasteiger partial charge < -0.3 is 14.8 Å². The van der Waals surface area contributed by atoms with Crippen LogP contribution in [0.2, 0.25) is 6.32 Å². The van der Waals surface area contributed by atoms with E-state index in [1.807, 2.05) is 31.2 Å². The molecule has 0 bridgehead atoms. The van der Waals surface area contributed by atoms with Gasteiger partial charge in [0.2, 0.25) is 0 Å².